The zero-order chi connectivity index (χ0) is 16.4. The normalized spacial score (nSPS) is 11.4. The second-order valence-corrected chi connectivity index (χ2v) is 6.63. The summed E-state index contributed by atoms with van der Waals surface area (Å²) in [6.45, 7) is 0. The second kappa shape index (κ2) is 6.49. The Kier molecular flexibility index (Phi) is 4.42. The van der Waals surface area contributed by atoms with Gasteiger partial charge in [0.2, 0.25) is 0 Å². The molecule has 1 N–H and O–H groups in total. The number of rotatable bonds is 2. The molecule has 6 heteroatoms. The van der Waals surface area contributed by atoms with Gasteiger partial charge in [0.25, 0.3) is 5.56 Å². The number of hydrogen-bond acceptors (Lipinski definition) is 3. The van der Waals surface area contributed by atoms with Gasteiger partial charge in [-0.3, -0.25) is 4.79 Å². The molecule has 0 aliphatic heterocycles. The van der Waals surface area contributed by atoms with Gasteiger partial charge in [-0.25, -0.2) is 4.98 Å². The Labute approximate surface area is 148 Å². The van der Waals surface area contributed by atoms with Gasteiger partial charge in [-0.1, -0.05) is 44.0 Å². The van der Waals surface area contributed by atoms with Crippen molar-refractivity contribution in [1.82, 2.24) is 9.97 Å². The Bertz CT molecular complexity index is 1010. The average molecular weight is 431 g/mol. The van der Waals surface area contributed by atoms with Crippen molar-refractivity contribution in [3.05, 3.63) is 73.2 Å². The zero-order valence-corrected chi connectivity index (χ0v) is 14.8. The van der Waals surface area contributed by atoms with E-state index in [0.717, 1.165) is 14.5 Å². The number of nitrogens with one attached hydrogen (secondary N) is 1. The lowest BCUT2D eigenvalue weighted by molar-refractivity contribution is 1.13. The summed E-state index contributed by atoms with van der Waals surface area (Å²) in [7, 11) is 0. The van der Waals surface area contributed by atoms with Crippen molar-refractivity contribution >= 4 is 54.4 Å². The summed E-state index contributed by atoms with van der Waals surface area (Å²) in [4.78, 5) is 19.3. The highest BCUT2D eigenvalue weighted by molar-refractivity contribution is 9.10. The third kappa shape index (κ3) is 3.41. The molecule has 0 radical (unpaired) electrons. The van der Waals surface area contributed by atoms with Gasteiger partial charge >= 0.3 is 0 Å². The first kappa shape index (κ1) is 15.7. The van der Waals surface area contributed by atoms with Crippen molar-refractivity contribution in [1.29, 1.82) is 5.26 Å². The van der Waals surface area contributed by atoms with Crippen LogP contribution in [0.4, 0.5) is 0 Å². The molecule has 0 saturated heterocycles. The lowest BCUT2D eigenvalue weighted by atomic mass is 10.1. The van der Waals surface area contributed by atoms with E-state index in [2.05, 4.69) is 47.9 Å². The molecule has 0 amide bonds. The predicted molar refractivity (Wildman–Crippen MR) is 97.7 cm³/mol. The van der Waals surface area contributed by atoms with Crippen LogP contribution >= 0.6 is 31.9 Å². The fourth-order valence-corrected chi connectivity index (χ4v) is 2.74. The summed E-state index contributed by atoms with van der Waals surface area (Å²) in [6.07, 6.45) is 1.69. The Balaban J connectivity index is 2.14. The Morgan fingerprint density at radius 1 is 1.13 bits per heavy atom. The highest BCUT2D eigenvalue weighted by atomic mass is 79.9. The van der Waals surface area contributed by atoms with Crippen molar-refractivity contribution in [2.75, 3.05) is 0 Å². The smallest absolute Gasteiger partial charge is 0.259 e. The summed E-state index contributed by atoms with van der Waals surface area (Å²) in [5.41, 5.74) is 1.42. The van der Waals surface area contributed by atoms with E-state index in [1.54, 1.807) is 18.2 Å². The van der Waals surface area contributed by atoms with Gasteiger partial charge in [0, 0.05) is 8.95 Å². The minimum atomic E-state index is -0.275. The average Bonchev–Trinajstić information content (AvgIpc) is 2.55. The molecular weight excluding hydrogens is 422 g/mol. The molecule has 0 unspecified atom stereocenters. The van der Waals surface area contributed by atoms with E-state index in [0.29, 0.717) is 16.5 Å². The Morgan fingerprint density at radius 3 is 2.52 bits per heavy atom. The Hall–Kier alpha value is -2.23. The van der Waals surface area contributed by atoms with Crippen LogP contribution in [0.3, 0.4) is 0 Å². The summed E-state index contributed by atoms with van der Waals surface area (Å²) in [5, 5.41) is 9.88. The maximum atomic E-state index is 12.2. The number of aromatic amines is 1. The summed E-state index contributed by atoms with van der Waals surface area (Å²) < 4.78 is 1.76. The summed E-state index contributed by atoms with van der Waals surface area (Å²) >= 11 is 6.70. The van der Waals surface area contributed by atoms with Crippen LogP contribution in [0.15, 0.2) is 56.2 Å². The number of H-pyrrole nitrogens is 1. The van der Waals surface area contributed by atoms with E-state index in [4.69, 9.17) is 0 Å². The third-order valence-corrected chi connectivity index (χ3v) is 4.25. The first-order valence-electron chi connectivity index (χ1n) is 6.64. The van der Waals surface area contributed by atoms with Gasteiger partial charge in [0.15, 0.2) is 5.82 Å². The minimum absolute atomic E-state index is 0.259. The molecule has 112 valence electrons. The molecule has 1 heterocycles. The van der Waals surface area contributed by atoms with Crippen LogP contribution in [0.1, 0.15) is 11.4 Å². The number of fused-ring (bicyclic) bond motifs is 1. The summed E-state index contributed by atoms with van der Waals surface area (Å²) in [6, 6.07) is 14.9. The first-order chi connectivity index (χ1) is 11.1. The lowest BCUT2D eigenvalue weighted by Gasteiger charge is -2.03. The highest BCUT2D eigenvalue weighted by Crippen LogP contribution is 2.19. The molecular formula is C17H9Br2N3O. The molecule has 3 rings (SSSR count). The van der Waals surface area contributed by atoms with Crippen LogP contribution in [0.25, 0.3) is 22.6 Å². The van der Waals surface area contributed by atoms with E-state index in [9.17, 15) is 10.1 Å². The molecule has 0 atom stereocenters. The van der Waals surface area contributed by atoms with Crippen molar-refractivity contribution in [3.8, 4) is 6.07 Å². The number of halogens is 2. The number of hydrogen-bond donors (Lipinski definition) is 1. The van der Waals surface area contributed by atoms with Gasteiger partial charge in [-0.2, -0.15) is 5.26 Å². The molecule has 4 nitrogen and oxygen atoms in total. The van der Waals surface area contributed by atoms with Gasteiger partial charge in [0.1, 0.15) is 6.07 Å². The van der Waals surface area contributed by atoms with Gasteiger partial charge in [-0.05, 0) is 42.0 Å². The van der Waals surface area contributed by atoms with E-state index in [1.165, 1.54) is 0 Å². The monoisotopic (exact) mass is 429 g/mol. The highest BCUT2D eigenvalue weighted by Gasteiger charge is 2.08. The quantitative estimate of drug-likeness (QED) is 0.608. The van der Waals surface area contributed by atoms with Crippen molar-refractivity contribution in [2.24, 2.45) is 0 Å². The van der Waals surface area contributed by atoms with Crippen molar-refractivity contribution in [2.45, 2.75) is 0 Å². The SMILES string of the molecule is N#C/C(=C\c1ccc(Br)cc1)c1nc2ccc(Br)cc2c(=O)[nH]1. The predicted octanol–water partition coefficient (Wildman–Crippen LogP) is 4.51. The van der Waals surface area contributed by atoms with Crippen LogP contribution in [-0.4, -0.2) is 9.97 Å². The van der Waals surface area contributed by atoms with E-state index in [-0.39, 0.29) is 11.4 Å². The second-order valence-electron chi connectivity index (χ2n) is 4.80. The molecule has 3 aromatic rings. The van der Waals surface area contributed by atoms with Crippen molar-refractivity contribution in [3.63, 3.8) is 0 Å². The largest absolute Gasteiger partial charge is 0.305 e. The standard InChI is InChI=1S/C17H9Br2N3O/c18-12-3-1-10(2-4-12)7-11(9-20)16-21-15-6-5-13(19)8-14(15)17(23)22-16/h1-8H,(H,21,22,23)/b11-7+. The molecule has 0 spiro atoms. The molecule has 0 aliphatic rings. The first-order valence-corrected chi connectivity index (χ1v) is 8.23. The van der Waals surface area contributed by atoms with E-state index >= 15 is 0 Å². The number of nitrogens with zero attached hydrogens (tertiary/aromatic N) is 2. The number of nitriles is 1. The van der Waals surface area contributed by atoms with Gasteiger partial charge < -0.3 is 4.98 Å². The van der Waals surface area contributed by atoms with Crippen LogP contribution < -0.4 is 5.56 Å². The van der Waals surface area contributed by atoms with E-state index in [1.807, 2.05) is 30.3 Å². The topological polar surface area (TPSA) is 69.5 Å². The molecule has 0 aliphatic carbocycles. The number of benzene rings is 2. The van der Waals surface area contributed by atoms with Crippen molar-refractivity contribution < 1.29 is 0 Å². The third-order valence-electron chi connectivity index (χ3n) is 3.22. The number of allylic oxidation sites excluding steroid dienone is 1. The molecule has 0 saturated carbocycles. The van der Waals surface area contributed by atoms with E-state index < -0.39 is 0 Å². The van der Waals surface area contributed by atoms with Crippen LogP contribution in [0.5, 0.6) is 0 Å². The molecule has 0 bridgehead atoms. The van der Waals surface area contributed by atoms with Gasteiger partial charge in [-0.15, -0.1) is 0 Å². The molecule has 2 aromatic carbocycles. The number of aromatic nitrogens is 2. The van der Waals surface area contributed by atoms with Crippen LogP contribution in [0.2, 0.25) is 0 Å². The van der Waals surface area contributed by atoms with Crippen LogP contribution in [0, 0.1) is 11.3 Å². The Morgan fingerprint density at radius 2 is 1.83 bits per heavy atom. The van der Waals surface area contributed by atoms with Gasteiger partial charge in [0.05, 0.1) is 16.5 Å². The zero-order valence-electron chi connectivity index (χ0n) is 11.7. The molecule has 23 heavy (non-hydrogen) atoms. The molecule has 1 aromatic heterocycles. The summed E-state index contributed by atoms with van der Waals surface area (Å²) in [5.74, 6) is 0.259. The maximum absolute atomic E-state index is 12.2. The lowest BCUT2D eigenvalue weighted by Crippen LogP contribution is -2.11. The molecule has 0 fully saturated rings. The van der Waals surface area contributed by atoms with Crippen LogP contribution in [-0.2, 0) is 0 Å². The minimum Gasteiger partial charge on any atom is -0.305 e. The fourth-order valence-electron chi connectivity index (χ4n) is 2.12. The maximum Gasteiger partial charge on any atom is 0.259 e. The fraction of sp³-hybridized carbons (Fsp3) is 0.